The first-order valence-corrected chi connectivity index (χ1v) is 14.3. The molecule has 0 atom stereocenters. The van der Waals surface area contributed by atoms with E-state index < -0.39 is 0 Å². The molecule has 3 aromatic carbocycles. The van der Waals surface area contributed by atoms with Gasteiger partial charge < -0.3 is 10.1 Å². The zero-order valence-corrected chi connectivity index (χ0v) is 28.0. The molecule has 1 N–H and O–H groups in total. The van der Waals surface area contributed by atoms with Crippen LogP contribution in [0, 0.1) is 24.8 Å². The van der Waals surface area contributed by atoms with Crippen molar-refractivity contribution in [3.63, 3.8) is 0 Å². The maximum absolute atomic E-state index is 11.2. The Hall–Kier alpha value is -3.07. The largest absolute Gasteiger partial charge is 0.512 e. The van der Waals surface area contributed by atoms with E-state index in [4.69, 9.17) is 4.98 Å². The molecule has 41 heavy (non-hydrogen) atoms. The standard InChI is InChI=1S/C26H22N.C11H20O2.Ir/c1-16-13-17-11-12-27-25-21-8-6-5-7-19(21)22-15-18(26(2,3)4)9-10-20(22)23(14-16)24(17)25;1-8(2)5-10(12)7-11(13)6-9(3)4;/h5-7,9-15H,1-4H3;7-9,12H,5-6H2,1-4H3;/q-1;;/b;10-7-;. The SMILES string of the molecule is CC(C)CC(=O)/C=C(\O)CC(C)C.Cc1cc2c3c(nccc3c1)-c1[c-]cccc1-c1cc(C(C)(C)C)ccc1-2.[Ir]. The first kappa shape index (κ1) is 32.4. The molecule has 4 aromatic rings. The Morgan fingerprint density at radius 1 is 0.927 bits per heavy atom. The van der Waals surface area contributed by atoms with Crippen LogP contribution in [0.3, 0.4) is 0 Å². The van der Waals surface area contributed by atoms with Crippen molar-refractivity contribution >= 4 is 16.6 Å². The minimum absolute atomic E-state index is 0. The number of ketones is 1. The third-order valence-electron chi connectivity index (χ3n) is 7.12. The second-order valence-electron chi connectivity index (χ2n) is 12.8. The molecule has 0 saturated heterocycles. The number of benzene rings is 3. The summed E-state index contributed by atoms with van der Waals surface area (Å²) in [6.07, 6.45) is 4.38. The van der Waals surface area contributed by atoms with Crippen molar-refractivity contribution in [3.05, 3.63) is 89.8 Å². The van der Waals surface area contributed by atoms with Gasteiger partial charge in [-0.2, -0.15) is 0 Å². The molecule has 5 rings (SSSR count). The summed E-state index contributed by atoms with van der Waals surface area (Å²) in [5.41, 5.74) is 9.90. The van der Waals surface area contributed by atoms with E-state index in [1.54, 1.807) is 0 Å². The topological polar surface area (TPSA) is 50.2 Å². The van der Waals surface area contributed by atoms with Gasteiger partial charge in [-0.05, 0) is 69.0 Å². The molecular weight excluding hydrogens is 683 g/mol. The number of fused-ring (bicyclic) bond motifs is 5. The van der Waals surface area contributed by atoms with E-state index >= 15 is 0 Å². The number of rotatable bonds is 5. The van der Waals surface area contributed by atoms with Gasteiger partial charge >= 0.3 is 0 Å². The average molecular weight is 725 g/mol. The Labute approximate surface area is 259 Å². The van der Waals surface area contributed by atoms with E-state index in [2.05, 4.69) is 82.3 Å². The predicted molar refractivity (Wildman–Crippen MR) is 169 cm³/mol. The summed E-state index contributed by atoms with van der Waals surface area (Å²) in [4.78, 5) is 16.0. The van der Waals surface area contributed by atoms with Gasteiger partial charge in [-0.15, -0.1) is 29.8 Å². The molecule has 0 fully saturated rings. The summed E-state index contributed by atoms with van der Waals surface area (Å²) >= 11 is 0. The molecule has 0 bridgehead atoms. The number of aliphatic hydroxyl groups is 1. The van der Waals surface area contributed by atoms with Crippen molar-refractivity contribution in [1.29, 1.82) is 0 Å². The van der Waals surface area contributed by atoms with Crippen LogP contribution in [0.1, 0.15) is 72.4 Å². The monoisotopic (exact) mass is 725 g/mol. The van der Waals surface area contributed by atoms with Gasteiger partial charge in [0.15, 0.2) is 5.78 Å². The van der Waals surface area contributed by atoms with E-state index in [9.17, 15) is 9.90 Å². The van der Waals surface area contributed by atoms with Crippen LogP contribution in [0.25, 0.3) is 44.3 Å². The molecule has 3 nitrogen and oxygen atoms in total. The van der Waals surface area contributed by atoms with Gasteiger partial charge in [-0.3, -0.25) is 4.79 Å². The fourth-order valence-electron chi connectivity index (χ4n) is 5.32. The number of aryl methyl sites for hydroxylation is 1. The Kier molecular flexibility index (Phi) is 10.5. The molecule has 1 aliphatic rings. The minimum atomic E-state index is 0. The van der Waals surface area contributed by atoms with Gasteiger partial charge in [-0.1, -0.05) is 89.9 Å². The average Bonchev–Trinajstić information content (AvgIpc) is 2.97. The molecule has 217 valence electrons. The number of aromatic nitrogens is 1. The van der Waals surface area contributed by atoms with Crippen LogP contribution in [0.5, 0.6) is 0 Å². The molecule has 4 heteroatoms. The number of hydrogen-bond acceptors (Lipinski definition) is 3. The van der Waals surface area contributed by atoms with Gasteiger partial charge in [-0.25, -0.2) is 0 Å². The zero-order valence-electron chi connectivity index (χ0n) is 25.6. The maximum Gasteiger partial charge on any atom is 0.159 e. The van der Waals surface area contributed by atoms with Crippen LogP contribution in [0.15, 0.2) is 72.6 Å². The molecule has 1 aliphatic carbocycles. The molecule has 0 amide bonds. The third-order valence-corrected chi connectivity index (χ3v) is 7.12. The van der Waals surface area contributed by atoms with Gasteiger partial charge in [0.25, 0.3) is 0 Å². The van der Waals surface area contributed by atoms with E-state index in [0.29, 0.717) is 24.7 Å². The van der Waals surface area contributed by atoms with E-state index in [0.717, 1.165) is 11.3 Å². The summed E-state index contributed by atoms with van der Waals surface area (Å²) in [6, 6.07) is 23.4. The summed E-state index contributed by atoms with van der Waals surface area (Å²) in [6.45, 7) is 17.0. The van der Waals surface area contributed by atoms with Crippen molar-refractivity contribution in [2.75, 3.05) is 0 Å². The zero-order chi connectivity index (χ0) is 29.2. The number of carbonyl (C=O) groups is 1. The van der Waals surface area contributed by atoms with Crippen LogP contribution >= 0.6 is 0 Å². The first-order valence-electron chi connectivity index (χ1n) is 14.3. The van der Waals surface area contributed by atoms with Crippen LogP contribution in [-0.4, -0.2) is 15.9 Å². The quantitative estimate of drug-likeness (QED) is 0.112. The van der Waals surface area contributed by atoms with Gasteiger partial charge in [0, 0.05) is 45.2 Å². The number of allylic oxidation sites excluding steroid dienone is 2. The van der Waals surface area contributed by atoms with Crippen LogP contribution in [0.4, 0.5) is 0 Å². The maximum atomic E-state index is 11.2. The third kappa shape index (κ3) is 7.61. The predicted octanol–water partition coefficient (Wildman–Crippen LogP) is 10.0. The molecule has 0 aliphatic heterocycles. The van der Waals surface area contributed by atoms with Crippen molar-refractivity contribution in [2.24, 2.45) is 11.8 Å². The minimum Gasteiger partial charge on any atom is -0.512 e. The van der Waals surface area contributed by atoms with Crippen molar-refractivity contribution in [2.45, 2.75) is 73.6 Å². The number of nitrogens with zero attached hydrogens (tertiary/aromatic N) is 1. The fourth-order valence-corrected chi connectivity index (χ4v) is 5.32. The van der Waals surface area contributed by atoms with Crippen LogP contribution < -0.4 is 0 Å². The first-order chi connectivity index (χ1) is 18.8. The molecular formula is C37H42IrNO2-. The second kappa shape index (κ2) is 13.3. The van der Waals surface area contributed by atoms with Crippen molar-refractivity contribution in [3.8, 4) is 33.5 Å². The van der Waals surface area contributed by atoms with E-state index in [1.807, 2.05) is 40.0 Å². The van der Waals surface area contributed by atoms with Gasteiger partial charge in [0.1, 0.15) is 0 Å². The van der Waals surface area contributed by atoms with Crippen molar-refractivity contribution < 1.29 is 30.0 Å². The van der Waals surface area contributed by atoms with E-state index in [-0.39, 0.29) is 37.1 Å². The van der Waals surface area contributed by atoms with Crippen LogP contribution in [0.2, 0.25) is 0 Å². The van der Waals surface area contributed by atoms with Gasteiger partial charge in [0.05, 0.1) is 5.76 Å². The molecule has 1 heterocycles. The summed E-state index contributed by atoms with van der Waals surface area (Å²) in [5.74, 6) is 0.979. The number of carbonyl (C=O) groups excluding carboxylic acids is 1. The van der Waals surface area contributed by atoms with Crippen LogP contribution in [-0.2, 0) is 30.3 Å². The summed E-state index contributed by atoms with van der Waals surface area (Å²) in [5, 5.41) is 11.8. The fraction of sp³-hybridized carbons (Fsp3) is 0.351. The van der Waals surface area contributed by atoms with Crippen molar-refractivity contribution in [1.82, 2.24) is 4.98 Å². The molecule has 1 radical (unpaired) electrons. The summed E-state index contributed by atoms with van der Waals surface area (Å²) in [7, 11) is 0. The second-order valence-corrected chi connectivity index (χ2v) is 12.8. The Morgan fingerprint density at radius 3 is 2.29 bits per heavy atom. The van der Waals surface area contributed by atoms with E-state index in [1.165, 1.54) is 50.2 Å². The number of aliphatic hydroxyl groups excluding tert-OH is 1. The molecule has 0 saturated carbocycles. The Bertz CT molecular complexity index is 1570. The molecule has 0 unspecified atom stereocenters. The number of pyridine rings is 1. The Morgan fingerprint density at radius 2 is 1.63 bits per heavy atom. The van der Waals surface area contributed by atoms with Gasteiger partial charge in [0.2, 0.25) is 0 Å². The normalized spacial score (nSPS) is 12.2. The smallest absolute Gasteiger partial charge is 0.159 e. The Balaban J connectivity index is 0.000000284. The summed E-state index contributed by atoms with van der Waals surface area (Å²) < 4.78 is 0. The molecule has 0 spiro atoms. The number of hydrogen-bond donors (Lipinski definition) is 1. The molecule has 1 aromatic heterocycles.